The smallest absolute Gasteiger partial charge is 0.257 e. The molecule has 1 N–H and O–H groups in total. The molecule has 23 heavy (non-hydrogen) atoms. The summed E-state index contributed by atoms with van der Waals surface area (Å²) in [4.78, 5) is 18.1. The van der Waals surface area contributed by atoms with E-state index < -0.39 is 0 Å². The van der Waals surface area contributed by atoms with Gasteiger partial charge in [0.15, 0.2) is 0 Å². The van der Waals surface area contributed by atoms with Crippen LogP contribution in [0.2, 0.25) is 0 Å². The van der Waals surface area contributed by atoms with Gasteiger partial charge in [-0.3, -0.25) is 4.79 Å². The third-order valence-electron chi connectivity index (χ3n) is 3.16. The first-order valence-corrected chi connectivity index (χ1v) is 7.16. The van der Waals surface area contributed by atoms with E-state index in [0.29, 0.717) is 11.4 Å². The molecule has 5 heteroatoms. The van der Waals surface area contributed by atoms with Gasteiger partial charge < -0.3 is 15.0 Å². The molecule has 0 radical (unpaired) electrons. The summed E-state index contributed by atoms with van der Waals surface area (Å²) in [6, 6.07) is 11.2. The fourth-order valence-corrected chi connectivity index (χ4v) is 2.05. The summed E-state index contributed by atoms with van der Waals surface area (Å²) in [6.45, 7) is 0.249. The molecule has 5 nitrogen and oxygen atoms in total. The number of nitrogens with zero attached hydrogens (tertiary/aromatic N) is 2. The van der Waals surface area contributed by atoms with E-state index in [1.54, 1.807) is 18.3 Å². The molecule has 1 amide bonds. The molecule has 0 unspecified atom stereocenters. The van der Waals surface area contributed by atoms with Crippen LogP contribution in [-0.2, 0) is 0 Å². The quantitative estimate of drug-likeness (QED) is 0.877. The highest BCUT2D eigenvalue weighted by atomic mass is 16.5. The minimum atomic E-state index is -0.259. The Kier molecular flexibility index (Phi) is 5.59. The predicted octanol–water partition coefficient (Wildman–Crippen LogP) is 1.94. The lowest BCUT2D eigenvalue weighted by atomic mass is 10.1. The molecule has 2 rings (SSSR count). The van der Waals surface area contributed by atoms with Crippen LogP contribution in [0.5, 0.6) is 5.88 Å². The number of nitrogens with one attached hydrogen (secondary N) is 1. The second-order valence-corrected chi connectivity index (χ2v) is 4.96. The Hall–Kier alpha value is -3.00. The number of pyridine rings is 1. The van der Waals surface area contributed by atoms with Crippen molar-refractivity contribution in [3.05, 3.63) is 53.7 Å². The summed E-state index contributed by atoms with van der Waals surface area (Å²) >= 11 is 0. The Morgan fingerprint density at radius 3 is 2.78 bits per heavy atom. The molecule has 0 saturated heterocycles. The van der Waals surface area contributed by atoms with Crippen molar-refractivity contribution in [1.29, 1.82) is 0 Å². The van der Waals surface area contributed by atoms with Crippen molar-refractivity contribution >= 4 is 11.6 Å². The van der Waals surface area contributed by atoms with Crippen molar-refractivity contribution < 1.29 is 9.53 Å². The normalized spacial score (nSPS) is 9.52. The van der Waals surface area contributed by atoms with E-state index in [9.17, 15) is 4.79 Å². The summed E-state index contributed by atoms with van der Waals surface area (Å²) in [6.07, 6.45) is 1.58. The third-order valence-corrected chi connectivity index (χ3v) is 3.16. The number of hydrogen-bond acceptors (Lipinski definition) is 4. The first kappa shape index (κ1) is 16.4. The van der Waals surface area contributed by atoms with Gasteiger partial charge in [0.05, 0.1) is 19.3 Å². The van der Waals surface area contributed by atoms with Gasteiger partial charge in [-0.2, -0.15) is 0 Å². The van der Waals surface area contributed by atoms with Gasteiger partial charge in [-0.15, -0.1) is 0 Å². The number of carbonyl (C=O) groups is 1. The number of amides is 1. The molecule has 0 bridgehead atoms. The number of carbonyl (C=O) groups excluding carboxylic acids is 1. The zero-order valence-electron chi connectivity index (χ0n) is 13.5. The van der Waals surface area contributed by atoms with Gasteiger partial charge in [0.25, 0.3) is 5.91 Å². The molecule has 0 aliphatic heterocycles. The number of benzene rings is 1. The van der Waals surface area contributed by atoms with Crippen LogP contribution in [0.15, 0.2) is 42.6 Å². The number of para-hydroxylation sites is 1. The number of hydrogen-bond donors (Lipinski definition) is 1. The van der Waals surface area contributed by atoms with Crippen molar-refractivity contribution in [2.24, 2.45) is 0 Å². The predicted molar refractivity (Wildman–Crippen MR) is 90.8 cm³/mol. The molecule has 0 fully saturated rings. The Morgan fingerprint density at radius 2 is 2.04 bits per heavy atom. The Morgan fingerprint density at radius 1 is 1.26 bits per heavy atom. The Labute approximate surface area is 136 Å². The summed E-state index contributed by atoms with van der Waals surface area (Å²) in [5.41, 5.74) is 2.36. The molecule has 0 atom stereocenters. The summed E-state index contributed by atoms with van der Waals surface area (Å²) < 4.78 is 5.07. The van der Waals surface area contributed by atoms with Crippen molar-refractivity contribution in [1.82, 2.24) is 10.3 Å². The van der Waals surface area contributed by atoms with Crippen molar-refractivity contribution in [3.8, 4) is 17.7 Å². The molecule has 0 aliphatic carbocycles. The average Bonchev–Trinajstić information content (AvgIpc) is 2.58. The van der Waals surface area contributed by atoms with Gasteiger partial charge in [-0.1, -0.05) is 24.0 Å². The van der Waals surface area contributed by atoms with E-state index in [-0.39, 0.29) is 12.5 Å². The molecular weight excluding hydrogens is 290 g/mol. The molecule has 1 aromatic heterocycles. The lowest BCUT2D eigenvalue weighted by molar-refractivity contribution is 0.0955. The van der Waals surface area contributed by atoms with Gasteiger partial charge in [0, 0.05) is 25.9 Å². The van der Waals surface area contributed by atoms with Crippen molar-refractivity contribution in [3.63, 3.8) is 0 Å². The van der Waals surface area contributed by atoms with Crippen LogP contribution in [0.1, 0.15) is 15.9 Å². The lowest BCUT2D eigenvalue weighted by Crippen LogP contribution is -2.24. The molecule has 0 saturated carbocycles. The SMILES string of the molecule is COc1ncccc1C(=O)NCC#Cc1ccccc1N(C)C. The number of anilines is 1. The fraction of sp³-hybridized carbons (Fsp3) is 0.222. The fourth-order valence-electron chi connectivity index (χ4n) is 2.05. The van der Waals surface area contributed by atoms with Gasteiger partial charge in [-0.25, -0.2) is 4.98 Å². The highest BCUT2D eigenvalue weighted by molar-refractivity contribution is 5.96. The first-order valence-electron chi connectivity index (χ1n) is 7.16. The average molecular weight is 309 g/mol. The van der Waals surface area contributed by atoms with Gasteiger partial charge >= 0.3 is 0 Å². The van der Waals surface area contributed by atoms with Gasteiger partial charge in [0.1, 0.15) is 5.56 Å². The molecule has 0 aliphatic rings. The molecule has 2 aromatic rings. The van der Waals surface area contributed by atoms with Gasteiger partial charge in [-0.05, 0) is 24.3 Å². The summed E-state index contributed by atoms with van der Waals surface area (Å²) in [5, 5.41) is 2.75. The van der Waals surface area contributed by atoms with Crippen molar-refractivity contribution in [2.45, 2.75) is 0 Å². The minimum absolute atomic E-state index is 0.249. The van der Waals surface area contributed by atoms with E-state index in [0.717, 1.165) is 11.3 Å². The third kappa shape index (κ3) is 4.24. The van der Waals surface area contributed by atoms with Crippen LogP contribution < -0.4 is 15.0 Å². The number of methoxy groups -OCH3 is 1. The Balaban J connectivity index is 2.02. The zero-order chi connectivity index (χ0) is 16.7. The molecule has 1 aromatic carbocycles. The van der Waals surface area contributed by atoms with Crippen LogP contribution in [-0.4, -0.2) is 38.6 Å². The van der Waals surface area contributed by atoms with Crippen LogP contribution in [0.4, 0.5) is 5.69 Å². The second-order valence-electron chi connectivity index (χ2n) is 4.96. The molecule has 118 valence electrons. The van der Waals surface area contributed by atoms with Crippen LogP contribution in [0, 0.1) is 11.8 Å². The van der Waals surface area contributed by atoms with E-state index >= 15 is 0 Å². The minimum Gasteiger partial charge on any atom is -0.480 e. The number of rotatable bonds is 4. The monoisotopic (exact) mass is 309 g/mol. The molecule has 0 spiro atoms. The zero-order valence-corrected chi connectivity index (χ0v) is 13.5. The topological polar surface area (TPSA) is 54.5 Å². The highest BCUT2D eigenvalue weighted by Gasteiger charge is 2.11. The number of aromatic nitrogens is 1. The summed E-state index contributed by atoms with van der Waals surface area (Å²) in [5.74, 6) is 6.08. The standard InChI is InChI=1S/C18H19N3O2/c1-21(2)16-11-5-4-8-14(16)9-6-12-19-17(22)15-10-7-13-20-18(15)23-3/h4-5,7-8,10-11,13H,12H2,1-3H3,(H,19,22). The molecule has 1 heterocycles. The van der Waals surface area contributed by atoms with Crippen LogP contribution >= 0.6 is 0 Å². The van der Waals surface area contributed by atoms with Crippen LogP contribution in [0.3, 0.4) is 0 Å². The van der Waals surface area contributed by atoms with E-state index in [1.807, 2.05) is 43.3 Å². The van der Waals surface area contributed by atoms with Crippen LogP contribution in [0.25, 0.3) is 0 Å². The highest BCUT2D eigenvalue weighted by Crippen LogP contribution is 2.16. The van der Waals surface area contributed by atoms with Gasteiger partial charge in [0.2, 0.25) is 5.88 Å². The maximum Gasteiger partial charge on any atom is 0.257 e. The Bertz CT molecular complexity index is 745. The van der Waals surface area contributed by atoms with E-state index in [1.165, 1.54) is 7.11 Å². The van der Waals surface area contributed by atoms with E-state index in [4.69, 9.17) is 4.74 Å². The first-order chi connectivity index (χ1) is 11.1. The largest absolute Gasteiger partial charge is 0.480 e. The second kappa shape index (κ2) is 7.85. The van der Waals surface area contributed by atoms with E-state index in [2.05, 4.69) is 22.1 Å². The number of ether oxygens (including phenoxy) is 1. The maximum absolute atomic E-state index is 12.1. The van der Waals surface area contributed by atoms with Crippen molar-refractivity contribution in [2.75, 3.05) is 32.6 Å². The molecular formula is C18H19N3O2. The summed E-state index contributed by atoms with van der Waals surface area (Å²) in [7, 11) is 5.42. The maximum atomic E-state index is 12.1. The lowest BCUT2D eigenvalue weighted by Gasteiger charge is -2.13.